The third kappa shape index (κ3) is 4.18. The van der Waals surface area contributed by atoms with Crippen molar-refractivity contribution in [3.63, 3.8) is 0 Å². The van der Waals surface area contributed by atoms with Gasteiger partial charge in [-0.3, -0.25) is 9.67 Å². The van der Waals surface area contributed by atoms with Crippen molar-refractivity contribution >= 4 is 11.6 Å². The van der Waals surface area contributed by atoms with E-state index in [0.29, 0.717) is 0 Å². The number of guanidine groups is 1. The molecule has 0 saturated carbocycles. The van der Waals surface area contributed by atoms with Crippen LogP contribution in [0, 0.1) is 13.8 Å². The number of anilines is 1. The summed E-state index contributed by atoms with van der Waals surface area (Å²) < 4.78 is 7.28. The third-order valence-electron chi connectivity index (χ3n) is 5.29. The van der Waals surface area contributed by atoms with Crippen LogP contribution in [-0.2, 0) is 13.6 Å². The summed E-state index contributed by atoms with van der Waals surface area (Å²) in [4.78, 5) is 9.19. The molecule has 1 aliphatic heterocycles. The number of aromatic nitrogens is 2. The van der Waals surface area contributed by atoms with Crippen molar-refractivity contribution in [3.8, 4) is 5.75 Å². The Hall–Kier alpha value is -2.70. The first-order valence-electron chi connectivity index (χ1n) is 9.37. The molecule has 0 bridgehead atoms. The molecule has 1 aromatic carbocycles. The van der Waals surface area contributed by atoms with Gasteiger partial charge in [0, 0.05) is 69.8 Å². The molecule has 2 heterocycles. The summed E-state index contributed by atoms with van der Waals surface area (Å²) in [7, 11) is 5.54. The zero-order chi connectivity index (χ0) is 19.4. The van der Waals surface area contributed by atoms with Gasteiger partial charge in [0.25, 0.3) is 0 Å². The normalized spacial score (nSPS) is 15.2. The SMILES string of the molecule is CN=C(NCc1c(C)nn(C)c1C)N1CCN(c2cccc(OC)c2)CC1. The van der Waals surface area contributed by atoms with Crippen LogP contribution in [0.1, 0.15) is 17.0 Å². The zero-order valence-electron chi connectivity index (χ0n) is 17.0. The molecule has 27 heavy (non-hydrogen) atoms. The van der Waals surface area contributed by atoms with Crippen molar-refractivity contribution in [1.29, 1.82) is 0 Å². The lowest BCUT2D eigenvalue weighted by molar-refractivity contribution is 0.371. The highest BCUT2D eigenvalue weighted by Crippen LogP contribution is 2.22. The van der Waals surface area contributed by atoms with Crippen LogP contribution in [0.4, 0.5) is 5.69 Å². The number of ether oxygens (including phenoxy) is 1. The van der Waals surface area contributed by atoms with E-state index in [9.17, 15) is 0 Å². The summed E-state index contributed by atoms with van der Waals surface area (Å²) in [5.74, 6) is 1.84. The average Bonchev–Trinajstić information content (AvgIpc) is 2.94. The van der Waals surface area contributed by atoms with Crippen LogP contribution in [0.15, 0.2) is 29.3 Å². The predicted molar refractivity (Wildman–Crippen MR) is 110 cm³/mol. The van der Waals surface area contributed by atoms with E-state index in [1.165, 1.54) is 16.9 Å². The number of aryl methyl sites for hydroxylation is 2. The van der Waals surface area contributed by atoms with Crippen LogP contribution >= 0.6 is 0 Å². The maximum Gasteiger partial charge on any atom is 0.194 e. The van der Waals surface area contributed by atoms with Gasteiger partial charge in [0.2, 0.25) is 0 Å². The van der Waals surface area contributed by atoms with Gasteiger partial charge in [-0.05, 0) is 26.0 Å². The molecule has 146 valence electrons. The van der Waals surface area contributed by atoms with Crippen LogP contribution in [0.25, 0.3) is 0 Å². The average molecular weight is 371 g/mol. The van der Waals surface area contributed by atoms with Crippen molar-refractivity contribution in [2.75, 3.05) is 45.2 Å². The van der Waals surface area contributed by atoms with Crippen molar-refractivity contribution in [2.24, 2.45) is 12.0 Å². The first kappa shape index (κ1) is 19.1. The summed E-state index contributed by atoms with van der Waals surface area (Å²) in [6, 6.07) is 8.25. The second-order valence-corrected chi connectivity index (χ2v) is 6.85. The van der Waals surface area contributed by atoms with Crippen LogP contribution in [-0.4, -0.2) is 61.0 Å². The number of methoxy groups -OCH3 is 1. The van der Waals surface area contributed by atoms with Crippen molar-refractivity contribution in [1.82, 2.24) is 20.0 Å². The van der Waals surface area contributed by atoms with Crippen LogP contribution in [0.3, 0.4) is 0 Å². The van der Waals surface area contributed by atoms with Gasteiger partial charge in [0.1, 0.15) is 5.75 Å². The molecular formula is C20H30N6O. The minimum Gasteiger partial charge on any atom is -0.497 e. The molecular weight excluding hydrogens is 340 g/mol. The summed E-state index contributed by atoms with van der Waals surface area (Å²) in [6.07, 6.45) is 0. The summed E-state index contributed by atoms with van der Waals surface area (Å²) in [6.45, 7) is 8.68. The number of nitrogens with zero attached hydrogens (tertiary/aromatic N) is 5. The van der Waals surface area contributed by atoms with Gasteiger partial charge in [-0.2, -0.15) is 5.10 Å². The fourth-order valence-corrected chi connectivity index (χ4v) is 3.56. The molecule has 2 aromatic rings. The molecule has 1 saturated heterocycles. The number of hydrogen-bond donors (Lipinski definition) is 1. The fraction of sp³-hybridized carbons (Fsp3) is 0.500. The van der Waals surface area contributed by atoms with Gasteiger partial charge in [0.05, 0.1) is 12.8 Å². The maximum absolute atomic E-state index is 5.34. The highest BCUT2D eigenvalue weighted by atomic mass is 16.5. The van der Waals surface area contributed by atoms with Crippen molar-refractivity contribution in [2.45, 2.75) is 20.4 Å². The van der Waals surface area contributed by atoms with Gasteiger partial charge in [-0.15, -0.1) is 0 Å². The Kier molecular flexibility index (Phi) is 5.88. The minimum absolute atomic E-state index is 0.744. The van der Waals surface area contributed by atoms with E-state index < -0.39 is 0 Å². The number of rotatable bonds is 4. The zero-order valence-corrected chi connectivity index (χ0v) is 17.0. The van der Waals surface area contributed by atoms with Gasteiger partial charge in [0.15, 0.2) is 5.96 Å². The molecule has 0 atom stereocenters. The maximum atomic E-state index is 5.34. The molecule has 0 spiro atoms. The van der Waals surface area contributed by atoms with Crippen molar-refractivity contribution in [3.05, 3.63) is 41.2 Å². The topological polar surface area (TPSA) is 57.9 Å². The molecule has 0 unspecified atom stereocenters. The van der Waals surface area contributed by atoms with Gasteiger partial charge in [-0.25, -0.2) is 0 Å². The molecule has 1 aromatic heterocycles. The van der Waals surface area contributed by atoms with Crippen LogP contribution < -0.4 is 15.0 Å². The first-order chi connectivity index (χ1) is 13.0. The highest BCUT2D eigenvalue weighted by molar-refractivity contribution is 5.80. The van der Waals surface area contributed by atoms with E-state index in [1.54, 1.807) is 7.11 Å². The van der Waals surface area contributed by atoms with Crippen LogP contribution in [0.5, 0.6) is 5.75 Å². The standard InChI is InChI=1S/C20H30N6O/c1-15-19(16(2)24(4)23-15)14-22-20(21-3)26-11-9-25(10-12-26)17-7-6-8-18(13-17)27-5/h6-8,13H,9-12,14H2,1-5H3,(H,21,22). The Labute approximate surface area is 161 Å². The number of aliphatic imine (C=N–C) groups is 1. The highest BCUT2D eigenvalue weighted by Gasteiger charge is 2.20. The van der Waals surface area contributed by atoms with Gasteiger partial charge < -0.3 is 19.9 Å². The smallest absolute Gasteiger partial charge is 0.194 e. The quantitative estimate of drug-likeness (QED) is 0.658. The van der Waals surface area contributed by atoms with E-state index >= 15 is 0 Å². The minimum atomic E-state index is 0.744. The number of piperazine rings is 1. The second kappa shape index (κ2) is 8.33. The summed E-state index contributed by atoms with van der Waals surface area (Å²) in [5.41, 5.74) is 4.71. The lowest BCUT2D eigenvalue weighted by atomic mass is 10.2. The summed E-state index contributed by atoms with van der Waals surface area (Å²) in [5, 5.41) is 8.00. The van der Waals surface area contributed by atoms with Crippen molar-refractivity contribution < 1.29 is 4.74 Å². The monoisotopic (exact) mass is 370 g/mol. The molecule has 7 heteroatoms. The molecule has 1 aliphatic rings. The van der Waals surface area contributed by atoms with E-state index in [0.717, 1.165) is 50.1 Å². The Morgan fingerprint density at radius 3 is 2.56 bits per heavy atom. The van der Waals surface area contributed by atoms with E-state index in [4.69, 9.17) is 4.74 Å². The Morgan fingerprint density at radius 2 is 1.96 bits per heavy atom. The third-order valence-corrected chi connectivity index (χ3v) is 5.29. The van der Waals surface area contributed by atoms with Crippen LogP contribution in [0.2, 0.25) is 0 Å². The van der Waals surface area contributed by atoms with Gasteiger partial charge in [-0.1, -0.05) is 6.07 Å². The van der Waals surface area contributed by atoms with E-state index in [2.05, 4.69) is 51.2 Å². The fourth-order valence-electron chi connectivity index (χ4n) is 3.56. The summed E-state index contributed by atoms with van der Waals surface area (Å²) >= 11 is 0. The molecule has 3 rings (SSSR count). The molecule has 0 aliphatic carbocycles. The largest absolute Gasteiger partial charge is 0.497 e. The Bertz CT molecular complexity index is 805. The van der Waals surface area contributed by atoms with Gasteiger partial charge >= 0.3 is 0 Å². The van der Waals surface area contributed by atoms with E-state index in [-0.39, 0.29) is 0 Å². The van der Waals surface area contributed by atoms with E-state index in [1.807, 2.05) is 30.9 Å². The number of nitrogens with one attached hydrogen (secondary N) is 1. The number of benzene rings is 1. The lowest BCUT2D eigenvalue weighted by Gasteiger charge is -2.37. The molecule has 0 amide bonds. The first-order valence-corrected chi connectivity index (χ1v) is 9.37. The molecule has 1 N–H and O–H groups in total. The lowest BCUT2D eigenvalue weighted by Crippen LogP contribution is -2.52. The number of hydrogen-bond acceptors (Lipinski definition) is 4. The second-order valence-electron chi connectivity index (χ2n) is 6.85. The Balaban J connectivity index is 1.58. The Morgan fingerprint density at radius 1 is 1.22 bits per heavy atom. The molecule has 7 nitrogen and oxygen atoms in total. The predicted octanol–water partition coefficient (Wildman–Crippen LogP) is 1.94. The molecule has 1 fully saturated rings. The molecule has 0 radical (unpaired) electrons.